The molecule has 2 rings (SSSR count). The Kier molecular flexibility index (Phi) is 4.04. The summed E-state index contributed by atoms with van der Waals surface area (Å²) in [4.78, 5) is 12.6. The highest BCUT2D eigenvalue weighted by Crippen LogP contribution is 2.38. The highest BCUT2D eigenvalue weighted by atomic mass is 19.4. The van der Waals surface area contributed by atoms with Crippen LogP contribution in [0.3, 0.4) is 0 Å². The standard InChI is InChI=1S/C14H16F3NO2/c1-9-4-2-3-5-10(9)6-18-7-11(13(19)20)12(8-18)14(15,16)17/h2-5,11-12H,6-8H2,1H3,(H,19,20)/t11-,12-/m1/s1. The van der Waals surface area contributed by atoms with E-state index >= 15 is 0 Å². The van der Waals surface area contributed by atoms with Gasteiger partial charge in [0.25, 0.3) is 0 Å². The van der Waals surface area contributed by atoms with E-state index in [-0.39, 0.29) is 13.1 Å². The van der Waals surface area contributed by atoms with Crippen molar-refractivity contribution >= 4 is 5.97 Å². The first-order chi connectivity index (χ1) is 9.29. The van der Waals surface area contributed by atoms with E-state index in [1.165, 1.54) is 0 Å². The lowest BCUT2D eigenvalue weighted by Crippen LogP contribution is -2.33. The third kappa shape index (κ3) is 3.12. The molecule has 1 aromatic rings. The van der Waals surface area contributed by atoms with Crippen LogP contribution in [0, 0.1) is 18.8 Å². The molecule has 1 aliphatic heterocycles. The second-order valence-corrected chi connectivity index (χ2v) is 5.21. The van der Waals surface area contributed by atoms with Crippen LogP contribution in [0.15, 0.2) is 24.3 Å². The minimum atomic E-state index is -4.47. The van der Waals surface area contributed by atoms with Crippen molar-refractivity contribution in [2.24, 2.45) is 11.8 Å². The zero-order chi connectivity index (χ0) is 14.9. The fourth-order valence-corrected chi connectivity index (χ4v) is 2.62. The van der Waals surface area contributed by atoms with Crippen LogP contribution in [0.2, 0.25) is 0 Å². The molecular weight excluding hydrogens is 271 g/mol. The number of hydrogen-bond donors (Lipinski definition) is 1. The van der Waals surface area contributed by atoms with Gasteiger partial charge in [-0.2, -0.15) is 13.2 Å². The predicted molar refractivity (Wildman–Crippen MR) is 67.1 cm³/mol. The van der Waals surface area contributed by atoms with E-state index in [1.54, 1.807) is 4.90 Å². The third-order valence-electron chi connectivity index (χ3n) is 3.79. The van der Waals surface area contributed by atoms with Crippen molar-refractivity contribution in [3.63, 3.8) is 0 Å². The molecule has 6 heteroatoms. The Morgan fingerprint density at radius 2 is 2.00 bits per heavy atom. The first kappa shape index (κ1) is 14.8. The fraction of sp³-hybridized carbons (Fsp3) is 0.500. The summed E-state index contributed by atoms with van der Waals surface area (Å²) in [5.41, 5.74) is 1.93. The van der Waals surface area contributed by atoms with Gasteiger partial charge in [0.1, 0.15) is 0 Å². The lowest BCUT2D eigenvalue weighted by atomic mass is 9.96. The van der Waals surface area contributed by atoms with Crippen LogP contribution in [-0.2, 0) is 11.3 Å². The summed E-state index contributed by atoms with van der Waals surface area (Å²) in [7, 11) is 0. The number of rotatable bonds is 3. The van der Waals surface area contributed by atoms with Crippen LogP contribution in [0.5, 0.6) is 0 Å². The molecule has 0 spiro atoms. The Balaban J connectivity index is 2.13. The molecule has 0 amide bonds. The molecule has 2 atom stereocenters. The topological polar surface area (TPSA) is 40.5 Å². The van der Waals surface area contributed by atoms with E-state index in [2.05, 4.69) is 0 Å². The van der Waals surface area contributed by atoms with Crippen molar-refractivity contribution in [1.82, 2.24) is 4.90 Å². The molecule has 0 bridgehead atoms. The normalized spacial score (nSPS) is 24.0. The first-order valence-corrected chi connectivity index (χ1v) is 6.35. The van der Waals surface area contributed by atoms with Crippen LogP contribution in [0.25, 0.3) is 0 Å². The molecule has 1 aliphatic rings. The zero-order valence-electron chi connectivity index (χ0n) is 11.0. The average Bonchev–Trinajstić information content (AvgIpc) is 2.76. The molecule has 0 aliphatic carbocycles. The van der Waals surface area contributed by atoms with E-state index in [0.29, 0.717) is 6.54 Å². The molecule has 1 N–H and O–H groups in total. The number of nitrogens with zero attached hydrogens (tertiary/aromatic N) is 1. The van der Waals surface area contributed by atoms with Gasteiger partial charge in [0.15, 0.2) is 0 Å². The van der Waals surface area contributed by atoms with Crippen LogP contribution in [0.4, 0.5) is 13.2 Å². The molecule has 1 saturated heterocycles. The molecule has 3 nitrogen and oxygen atoms in total. The molecule has 0 saturated carbocycles. The van der Waals surface area contributed by atoms with Gasteiger partial charge in [0.2, 0.25) is 0 Å². The van der Waals surface area contributed by atoms with Crippen molar-refractivity contribution in [1.29, 1.82) is 0 Å². The molecular formula is C14H16F3NO2. The van der Waals surface area contributed by atoms with Crippen molar-refractivity contribution in [2.75, 3.05) is 13.1 Å². The lowest BCUT2D eigenvalue weighted by Gasteiger charge is -2.19. The summed E-state index contributed by atoms with van der Waals surface area (Å²) < 4.78 is 38.6. The molecule has 0 aromatic heterocycles. The van der Waals surface area contributed by atoms with Crippen molar-refractivity contribution in [3.05, 3.63) is 35.4 Å². The number of aliphatic carboxylic acids is 1. The van der Waals surface area contributed by atoms with Gasteiger partial charge < -0.3 is 5.11 Å². The summed E-state index contributed by atoms with van der Waals surface area (Å²) in [5.74, 6) is -4.54. The summed E-state index contributed by atoms with van der Waals surface area (Å²) in [5, 5.41) is 8.96. The number of benzene rings is 1. The van der Waals surface area contributed by atoms with Crippen LogP contribution in [0.1, 0.15) is 11.1 Å². The van der Waals surface area contributed by atoms with Gasteiger partial charge in [0, 0.05) is 19.6 Å². The Bertz CT molecular complexity index is 501. The van der Waals surface area contributed by atoms with Gasteiger partial charge in [-0.25, -0.2) is 0 Å². The number of hydrogen-bond acceptors (Lipinski definition) is 2. The number of carboxylic acid groups (broad SMARTS) is 1. The smallest absolute Gasteiger partial charge is 0.393 e. The van der Waals surface area contributed by atoms with Crippen molar-refractivity contribution < 1.29 is 23.1 Å². The molecule has 1 fully saturated rings. The zero-order valence-corrected chi connectivity index (χ0v) is 11.0. The Labute approximate surface area is 115 Å². The number of halogens is 3. The van der Waals surface area contributed by atoms with Gasteiger partial charge in [-0.05, 0) is 18.1 Å². The summed E-state index contributed by atoms with van der Waals surface area (Å²) in [6.07, 6.45) is -4.47. The lowest BCUT2D eigenvalue weighted by molar-refractivity contribution is -0.188. The number of carbonyl (C=O) groups is 1. The Hall–Kier alpha value is -1.56. The highest BCUT2D eigenvalue weighted by molar-refractivity contribution is 5.71. The van der Waals surface area contributed by atoms with Gasteiger partial charge in [-0.1, -0.05) is 24.3 Å². The largest absolute Gasteiger partial charge is 0.481 e. The van der Waals surface area contributed by atoms with Gasteiger partial charge >= 0.3 is 12.1 Å². The predicted octanol–water partition coefficient (Wildman–Crippen LogP) is 2.69. The molecule has 0 radical (unpaired) electrons. The van der Waals surface area contributed by atoms with Gasteiger partial charge in [0.05, 0.1) is 11.8 Å². The van der Waals surface area contributed by atoms with Crippen molar-refractivity contribution in [2.45, 2.75) is 19.6 Å². The summed E-state index contributed by atoms with van der Waals surface area (Å²) in [6.45, 7) is 1.92. The molecule has 110 valence electrons. The number of aryl methyl sites for hydroxylation is 1. The molecule has 1 aromatic carbocycles. The minimum absolute atomic E-state index is 0.0617. The second-order valence-electron chi connectivity index (χ2n) is 5.21. The van der Waals surface area contributed by atoms with Crippen LogP contribution >= 0.6 is 0 Å². The monoisotopic (exact) mass is 287 g/mol. The number of carboxylic acids is 1. The number of likely N-dealkylation sites (tertiary alicyclic amines) is 1. The molecule has 20 heavy (non-hydrogen) atoms. The van der Waals surface area contributed by atoms with E-state index in [9.17, 15) is 18.0 Å². The van der Waals surface area contributed by atoms with Crippen LogP contribution in [-0.4, -0.2) is 35.2 Å². The summed E-state index contributed by atoms with van der Waals surface area (Å²) in [6, 6.07) is 7.43. The maximum absolute atomic E-state index is 12.9. The number of alkyl halides is 3. The summed E-state index contributed by atoms with van der Waals surface area (Å²) >= 11 is 0. The molecule has 1 heterocycles. The van der Waals surface area contributed by atoms with Crippen molar-refractivity contribution in [3.8, 4) is 0 Å². The van der Waals surface area contributed by atoms with E-state index in [4.69, 9.17) is 5.11 Å². The second kappa shape index (κ2) is 5.44. The first-order valence-electron chi connectivity index (χ1n) is 6.35. The fourth-order valence-electron chi connectivity index (χ4n) is 2.62. The van der Waals surface area contributed by atoms with E-state index in [1.807, 2.05) is 31.2 Å². The Morgan fingerprint density at radius 1 is 1.35 bits per heavy atom. The molecule has 0 unspecified atom stereocenters. The van der Waals surface area contributed by atoms with Gasteiger partial charge in [-0.15, -0.1) is 0 Å². The van der Waals surface area contributed by atoms with E-state index in [0.717, 1.165) is 11.1 Å². The SMILES string of the molecule is Cc1ccccc1CN1C[C@@H](C(F)(F)F)[C@H](C(=O)O)C1. The minimum Gasteiger partial charge on any atom is -0.481 e. The maximum Gasteiger partial charge on any atom is 0.393 e. The van der Waals surface area contributed by atoms with E-state index < -0.39 is 24.0 Å². The quantitative estimate of drug-likeness (QED) is 0.929. The Morgan fingerprint density at radius 3 is 2.50 bits per heavy atom. The average molecular weight is 287 g/mol. The third-order valence-corrected chi connectivity index (χ3v) is 3.79. The van der Waals surface area contributed by atoms with Gasteiger partial charge in [-0.3, -0.25) is 9.69 Å². The maximum atomic E-state index is 12.9. The van der Waals surface area contributed by atoms with Crippen LogP contribution < -0.4 is 0 Å². The highest BCUT2D eigenvalue weighted by Gasteiger charge is 2.52.